The summed E-state index contributed by atoms with van der Waals surface area (Å²) in [5.74, 6) is 0. The van der Waals surface area contributed by atoms with Gasteiger partial charge in [0.2, 0.25) is 0 Å². The maximum absolute atomic E-state index is 2.47. The molecule has 0 bridgehead atoms. The Balaban J connectivity index is 1.21. The third-order valence-electron chi connectivity index (χ3n) is 12.3. The van der Waals surface area contributed by atoms with Crippen LogP contribution in [0.4, 0.5) is 17.1 Å². The maximum atomic E-state index is 2.47. The minimum Gasteiger partial charge on any atom is -0.310 e. The van der Waals surface area contributed by atoms with Crippen LogP contribution in [0.15, 0.2) is 152 Å². The number of hydrogen-bond acceptors (Lipinski definition) is 1. The zero-order valence-corrected chi connectivity index (χ0v) is 30.9. The van der Waals surface area contributed by atoms with E-state index in [4.69, 9.17) is 0 Å². The molecule has 0 N–H and O–H groups in total. The van der Waals surface area contributed by atoms with Crippen LogP contribution in [-0.4, -0.2) is 0 Å². The molecule has 1 spiro atoms. The largest absolute Gasteiger partial charge is 0.310 e. The van der Waals surface area contributed by atoms with Gasteiger partial charge in [0, 0.05) is 22.5 Å². The van der Waals surface area contributed by atoms with Gasteiger partial charge in [0.25, 0.3) is 0 Å². The van der Waals surface area contributed by atoms with Crippen molar-refractivity contribution in [1.82, 2.24) is 0 Å². The quantitative estimate of drug-likeness (QED) is 0.181. The smallest absolute Gasteiger partial charge is 0.0725 e. The maximum Gasteiger partial charge on any atom is 0.0725 e. The van der Waals surface area contributed by atoms with E-state index in [-0.39, 0.29) is 16.2 Å². The van der Waals surface area contributed by atoms with E-state index in [0.717, 1.165) is 5.69 Å². The number of anilines is 3. The minimum absolute atomic E-state index is 0.0737. The molecule has 0 amide bonds. The molecule has 0 unspecified atom stereocenters. The highest BCUT2D eigenvalue weighted by molar-refractivity contribution is 5.97. The lowest BCUT2D eigenvalue weighted by Crippen LogP contribution is -2.26. The Hall–Kier alpha value is -5.66. The van der Waals surface area contributed by atoms with E-state index in [1.54, 1.807) is 0 Å². The molecule has 1 heteroatoms. The van der Waals surface area contributed by atoms with Gasteiger partial charge in [-0.1, -0.05) is 155 Å². The van der Waals surface area contributed by atoms with Gasteiger partial charge < -0.3 is 4.90 Å². The predicted octanol–water partition coefficient (Wildman–Crippen LogP) is 13.4. The standard InChI is InChI=1S/C51H43N/c1-32-19-26-41-42-30-35(25-28-46(42)51(48(41)29-32)44-17-11-8-14-38(44)39-15-9-12-18-45(39)51)52(34-22-20-33(21-23-34)49(2,3)4)36-24-27-40-37-13-7-10-16-43(37)50(5,6)47(40)31-36/h7-31H,1-6H3. The lowest BCUT2D eigenvalue weighted by molar-refractivity contribution is 0.590. The fourth-order valence-corrected chi connectivity index (χ4v) is 9.77. The van der Waals surface area contributed by atoms with Crippen molar-refractivity contribution >= 4 is 17.1 Å². The highest BCUT2D eigenvalue weighted by Gasteiger charge is 2.51. The summed E-state index contributed by atoms with van der Waals surface area (Å²) in [5, 5.41) is 0. The van der Waals surface area contributed by atoms with Crippen LogP contribution in [0.5, 0.6) is 0 Å². The molecule has 3 aliphatic rings. The van der Waals surface area contributed by atoms with E-state index in [9.17, 15) is 0 Å². The minimum atomic E-state index is -0.356. The summed E-state index contributed by atoms with van der Waals surface area (Å²) in [4.78, 5) is 2.47. The van der Waals surface area contributed by atoms with Crippen LogP contribution >= 0.6 is 0 Å². The topological polar surface area (TPSA) is 3.24 Å². The molecule has 7 aromatic rings. The Morgan fingerprint density at radius 3 is 1.54 bits per heavy atom. The Morgan fingerprint density at radius 2 is 0.885 bits per heavy atom. The molecule has 0 heterocycles. The number of fused-ring (bicyclic) bond motifs is 13. The molecule has 0 aromatic heterocycles. The second-order valence-corrected chi connectivity index (χ2v) is 16.7. The predicted molar refractivity (Wildman–Crippen MR) is 218 cm³/mol. The van der Waals surface area contributed by atoms with Crippen molar-refractivity contribution < 1.29 is 0 Å². The Kier molecular flexibility index (Phi) is 6.39. The molecule has 10 rings (SSSR count). The van der Waals surface area contributed by atoms with Crippen LogP contribution in [0.3, 0.4) is 0 Å². The highest BCUT2D eigenvalue weighted by Crippen LogP contribution is 2.63. The lowest BCUT2D eigenvalue weighted by Gasteiger charge is -2.32. The average Bonchev–Trinajstić information content (AvgIpc) is 3.70. The SMILES string of the molecule is Cc1ccc2c(c1)C1(c3ccccc3-c3ccccc31)c1ccc(N(c3ccc(C(C)(C)C)cc3)c3ccc4c(c3)C(C)(C)c3ccccc3-4)cc1-2. The van der Waals surface area contributed by atoms with Crippen LogP contribution in [0, 0.1) is 6.92 Å². The van der Waals surface area contributed by atoms with E-state index in [1.807, 2.05) is 0 Å². The van der Waals surface area contributed by atoms with Gasteiger partial charge in [-0.05, 0) is 121 Å². The Morgan fingerprint density at radius 1 is 0.404 bits per heavy atom. The second-order valence-electron chi connectivity index (χ2n) is 16.7. The molecule has 0 saturated carbocycles. The van der Waals surface area contributed by atoms with Crippen molar-refractivity contribution in [3.8, 4) is 33.4 Å². The first kappa shape index (κ1) is 31.1. The number of rotatable bonds is 3. The first-order valence-electron chi connectivity index (χ1n) is 18.7. The molecule has 3 aliphatic carbocycles. The van der Waals surface area contributed by atoms with Gasteiger partial charge in [-0.15, -0.1) is 0 Å². The van der Waals surface area contributed by atoms with Gasteiger partial charge >= 0.3 is 0 Å². The van der Waals surface area contributed by atoms with Gasteiger partial charge in [0.15, 0.2) is 0 Å². The Labute approximate surface area is 308 Å². The zero-order valence-electron chi connectivity index (χ0n) is 30.9. The molecule has 0 aliphatic heterocycles. The van der Waals surface area contributed by atoms with Crippen LogP contribution in [0.25, 0.3) is 33.4 Å². The summed E-state index contributed by atoms with van der Waals surface area (Å²) >= 11 is 0. The second kappa shape index (κ2) is 10.7. The molecular formula is C51H43N. The number of nitrogens with zero attached hydrogens (tertiary/aromatic N) is 1. The van der Waals surface area contributed by atoms with Crippen molar-refractivity contribution in [1.29, 1.82) is 0 Å². The van der Waals surface area contributed by atoms with E-state index >= 15 is 0 Å². The van der Waals surface area contributed by atoms with Crippen molar-refractivity contribution in [3.63, 3.8) is 0 Å². The van der Waals surface area contributed by atoms with Gasteiger partial charge in [-0.25, -0.2) is 0 Å². The van der Waals surface area contributed by atoms with Gasteiger partial charge in [-0.2, -0.15) is 0 Å². The average molecular weight is 670 g/mol. The third-order valence-corrected chi connectivity index (χ3v) is 12.3. The van der Waals surface area contributed by atoms with Gasteiger partial charge in [0.1, 0.15) is 0 Å². The van der Waals surface area contributed by atoms with Crippen molar-refractivity contribution in [2.75, 3.05) is 4.90 Å². The van der Waals surface area contributed by atoms with Crippen LogP contribution in [-0.2, 0) is 16.2 Å². The summed E-state index contributed by atoms with van der Waals surface area (Å²) in [5.41, 5.74) is 22.0. The number of hydrogen-bond donors (Lipinski definition) is 0. The Bertz CT molecular complexity index is 2550. The van der Waals surface area contributed by atoms with Gasteiger partial charge in [-0.3, -0.25) is 0 Å². The highest BCUT2D eigenvalue weighted by atomic mass is 15.1. The third kappa shape index (κ3) is 4.11. The molecule has 0 radical (unpaired) electrons. The molecule has 0 atom stereocenters. The van der Waals surface area contributed by atoms with E-state index in [1.165, 1.54) is 89.3 Å². The summed E-state index contributed by atoms with van der Waals surface area (Å²) in [6, 6.07) is 57.8. The monoisotopic (exact) mass is 669 g/mol. The lowest BCUT2D eigenvalue weighted by atomic mass is 9.70. The fraction of sp³-hybridized carbons (Fsp3) is 0.176. The fourth-order valence-electron chi connectivity index (χ4n) is 9.77. The van der Waals surface area contributed by atoms with Crippen molar-refractivity contribution in [3.05, 3.63) is 196 Å². The number of benzene rings is 7. The van der Waals surface area contributed by atoms with Crippen molar-refractivity contribution in [2.45, 2.75) is 57.8 Å². The van der Waals surface area contributed by atoms with Crippen molar-refractivity contribution in [2.24, 2.45) is 0 Å². The van der Waals surface area contributed by atoms with Crippen LogP contribution in [0.1, 0.15) is 79.1 Å². The normalized spacial score (nSPS) is 15.0. The molecule has 7 aromatic carbocycles. The first-order valence-corrected chi connectivity index (χ1v) is 18.7. The first-order chi connectivity index (χ1) is 25.1. The summed E-state index contributed by atoms with van der Waals surface area (Å²) in [7, 11) is 0. The summed E-state index contributed by atoms with van der Waals surface area (Å²) in [6.45, 7) is 13.8. The summed E-state index contributed by atoms with van der Waals surface area (Å²) in [6.07, 6.45) is 0. The molecular weight excluding hydrogens is 627 g/mol. The molecule has 52 heavy (non-hydrogen) atoms. The van der Waals surface area contributed by atoms with Gasteiger partial charge in [0.05, 0.1) is 5.41 Å². The molecule has 1 nitrogen and oxygen atoms in total. The molecule has 0 fully saturated rings. The summed E-state index contributed by atoms with van der Waals surface area (Å²) < 4.78 is 0. The van der Waals surface area contributed by atoms with Crippen LogP contribution in [0.2, 0.25) is 0 Å². The van der Waals surface area contributed by atoms with E-state index < -0.39 is 0 Å². The number of aryl methyl sites for hydroxylation is 1. The van der Waals surface area contributed by atoms with E-state index in [2.05, 4.69) is 198 Å². The zero-order chi connectivity index (χ0) is 35.6. The molecule has 0 saturated heterocycles. The van der Waals surface area contributed by atoms with E-state index in [0.29, 0.717) is 0 Å². The molecule has 252 valence electrons. The van der Waals surface area contributed by atoms with Crippen LogP contribution < -0.4 is 4.90 Å².